The summed E-state index contributed by atoms with van der Waals surface area (Å²) >= 11 is 0. The van der Waals surface area contributed by atoms with E-state index in [0.717, 1.165) is 19.4 Å². The lowest BCUT2D eigenvalue weighted by Crippen LogP contribution is -2.33. The maximum absolute atomic E-state index is 6.05. The van der Waals surface area contributed by atoms with Gasteiger partial charge >= 0.3 is 0 Å². The topological polar surface area (TPSA) is 18.0 Å². The fourth-order valence-electron chi connectivity index (χ4n) is 3.95. The van der Waals surface area contributed by atoms with Gasteiger partial charge in [0.2, 0.25) is 0 Å². The molecule has 0 saturated heterocycles. The van der Waals surface area contributed by atoms with Crippen LogP contribution in [0.15, 0.2) is 24.3 Å². The Hall–Kier alpha value is -1.35. The highest BCUT2D eigenvalue weighted by molar-refractivity contribution is 5.72. The number of ether oxygens (including phenoxy) is 1. The van der Waals surface area contributed by atoms with Gasteiger partial charge in [-0.15, -0.1) is 0 Å². The lowest BCUT2D eigenvalue weighted by molar-refractivity contribution is -0.654. The quantitative estimate of drug-likeness (QED) is 0.264. The Morgan fingerprint density at radius 3 is 2.11 bits per heavy atom. The van der Waals surface area contributed by atoms with Crippen molar-refractivity contribution in [1.82, 2.24) is 4.57 Å². The van der Waals surface area contributed by atoms with Crippen LogP contribution < -0.4 is 4.57 Å². The van der Waals surface area contributed by atoms with Crippen LogP contribution in [-0.2, 0) is 24.9 Å². The van der Waals surface area contributed by atoms with E-state index in [1.807, 2.05) is 0 Å². The van der Waals surface area contributed by atoms with Gasteiger partial charge in [0.1, 0.15) is 0 Å². The molecule has 2 rings (SSSR count). The molecule has 0 bridgehead atoms. The van der Waals surface area contributed by atoms with Crippen LogP contribution in [0.2, 0.25) is 0 Å². The Morgan fingerprint density at radius 2 is 1.44 bits per heavy atom. The fraction of sp³-hybridized carbons (Fsp3) is 0.708. The van der Waals surface area contributed by atoms with Gasteiger partial charge in [-0.05, 0) is 25.0 Å². The van der Waals surface area contributed by atoms with Crippen LogP contribution in [0, 0.1) is 0 Å². The summed E-state index contributed by atoms with van der Waals surface area (Å²) in [5.74, 6) is 1.36. The molecule has 1 aromatic carbocycles. The summed E-state index contributed by atoms with van der Waals surface area (Å²) in [7, 11) is 2.17. The number of nitrogens with zero attached hydrogens (tertiary/aromatic N) is 2. The molecule has 0 radical (unpaired) electrons. The van der Waals surface area contributed by atoms with E-state index in [0.29, 0.717) is 6.73 Å². The third-order valence-corrected chi connectivity index (χ3v) is 5.57. The van der Waals surface area contributed by atoms with E-state index >= 15 is 0 Å². The van der Waals surface area contributed by atoms with Crippen molar-refractivity contribution < 1.29 is 9.30 Å². The third kappa shape index (κ3) is 6.95. The van der Waals surface area contributed by atoms with Crippen LogP contribution in [0.25, 0.3) is 11.0 Å². The van der Waals surface area contributed by atoms with E-state index in [2.05, 4.69) is 54.3 Å². The van der Waals surface area contributed by atoms with Crippen molar-refractivity contribution in [2.45, 2.75) is 97.6 Å². The minimum Gasteiger partial charge on any atom is -0.342 e. The number of fused-ring (bicyclic) bond motifs is 1. The standard InChI is InChI=1S/C24H41N2O/c1-4-6-7-8-9-10-11-12-13-16-20-27-21-26-23-19-15-14-18-22(23)25(3)24(26)17-5-2/h14-15,18-19H,4-13,16-17,20-21H2,1-3H3/q+1. The average Bonchev–Trinajstić information content (AvgIpc) is 2.95. The van der Waals surface area contributed by atoms with Crippen molar-refractivity contribution in [2.24, 2.45) is 7.05 Å². The summed E-state index contributed by atoms with van der Waals surface area (Å²) in [5, 5.41) is 0. The first-order chi connectivity index (χ1) is 13.3. The molecule has 0 spiro atoms. The van der Waals surface area contributed by atoms with Gasteiger partial charge in [-0.2, -0.15) is 0 Å². The Kier molecular flexibility index (Phi) is 10.5. The summed E-state index contributed by atoms with van der Waals surface area (Å²) < 4.78 is 10.7. The molecule has 2 aromatic rings. The Labute approximate surface area is 166 Å². The van der Waals surface area contributed by atoms with E-state index in [9.17, 15) is 0 Å². The molecule has 27 heavy (non-hydrogen) atoms. The zero-order valence-corrected chi connectivity index (χ0v) is 18.0. The number of imidazole rings is 1. The average molecular weight is 374 g/mol. The van der Waals surface area contributed by atoms with Crippen LogP contribution in [0.1, 0.15) is 90.3 Å². The van der Waals surface area contributed by atoms with Gasteiger partial charge in [0.25, 0.3) is 5.82 Å². The zero-order valence-electron chi connectivity index (χ0n) is 18.0. The highest BCUT2D eigenvalue weighted by atomic mass is 16.5. The fourth-order valence-corrected chi connectivity index (χ4v) is 3.95. The number of aromatic nitrogens is 2. The molecule has 0 amide bonds. The molecular formula is C24H41N2O+. The Morgan fingerprint density at radius 1 is 0.815 bits per heavy atom. The van der Waals surface area contributed by atoms with Crippen molar-refractivity contribution in [1.29, 1.82) is 0 Å². The summed E-state index contributed by atoms with van der Waals surface area (Å²) in [6.45, 7) is 6.07. The van der Waals surface area contributed by atoms with Crippen LogP contribution >= 0.6 is 0 Å². The minimum atomic E-state index is 0.675. The van der Waals surface area contributed by atoms with E-state index < -0.39 is 0 Å². The number of para-hydroxylation sites is 2. The van der Waals surface area contributed by atoms with Crippen molar-refractivity contribution in [3.8, 4) is 0 Å². The molecule has 0 aliphatic rings. The molecule has 0 aliphatic heterocycles. The predicted molar refractivity (Wildman–Crippen MR) is 115 cm³/mol. The lowest BCUT2D eigenvalue weighted by atomic mass is 10.1. The van der Waals surface area contributed by atoms with Crippen LogP contribution in [0.3, 0.4) is 0 Å². The van der Waals surface area contributed by atoms with Crippen LogP contribution in [-0.4, -0.2) is 11.2 Å². The number of unbranched alkanes of at least 4 members (excludes halogenated alkanes) is 9. The van der Waals surface area contributed by atoms with Gasteiger partial charge in [0, 0.05) is 6.42 Å². The zero-order chi connectivity index (χ0) is 19.3. The molecule has 1 aromatic heterocycles. The number of benzene rings is 1. The summed E-state index contributed by atoms with van der Waals surface area (Å²) in [4.78, 5) is 0. The van der Waals surface area contributed by atoms with E-state index in [1.54, 1.807) is 0 Å². The molecule has 1 heterocycles. The highest BCUT2D eigenvalue weighted by Crippen LogP contribution is 2.16. The first-order valence-corrected chi connectivity index (χ1v) is 11.3. The Bertz CT molecular complexity index is 647. The molecule has 0 fully saturated rings. The summed E-state index contributed by atoms with van der Waals surface area (Å²) in [6.07, 6.45) is 15.9. The maximum Gasteiger partial charge on any atom is 0.259 e. The highest BCUT2D eigenvalue weighted by Gasteiger charge is 2.21. The maximum atomic E-state index is 6.05. The largest absolute Gasteiger partial charge is 0.342 e. The number of hydrogen-bond donors (Lipinski definition) is 0. The van der Waals surface area contributed by atoms with Gasteiger partial charge in [-0.1, -0.05) is 83.8 Å². The smallest absolute Gasteiger partial charge is 0.259 e. The SMILES string of the molecule is CCCCCCCCCCCCOCn1c(CCC)[n+](C)c2ccccc21. The molecule has 3 heteroatoms. The normalized spacial score (nSPS) is 11.5. The molecule has 152 valence electrons. The monoisotopic (exact) mass is 373 g/mol. The lowest BCUT2D eigenvalue weighted by Gasteiger charge is -2.05. The van der Waals surface area contributed by atoms with E-state index in [1.165, 1.54) is 81.1 Å². The van der Waals surface area contributed by atoms with Crippen molar-refractivity contribution >= 4 is 11.0 Å². The van der Waals surface area contributed by atoms with Gasteiger partial charge in [-0.3, -0.25) is 0 Å². The summed E-state index contributed by atoms with van der Waals surface area (Å²) in [6, 6.07) is 8.65. The summed E-state index contributed by atoms with van der Waals surface area (Å²) in [5.41, 5.74) is 2.58. The number of aryl methyl sites for hydroxylation is 1. The second-order valence-corrected chi connectivity index (χ2v) is 7.86. The second kappa shape index (κ2) is 12.9. The van der Waals surface area contributed by atoms with E-state index in [-0.39, 0.29) is 0 Å². The molecule has 0 unspecified atom stereocenters. The van der Waals surface area contributed by atoms with Crippen LogP contribution in [0.4, 0.5) is 0 Å². The Balaban J connectivity index is 1.65. The first kappa shape index (κ1) is 21.9. The van der Waals surface area contributed by atoms with Crippen molar-refractivity contribution in [3.63, 3.8) is 0 Å². The second-order valence-electron chi connectivity index (χ2n) is 7.86. The number of hydrogen-bond acceptors (Lipinski definition) is 1. The van der Waals surface area contributed by atoms with Gasteiger partial charge < -0.3 is 4.74 Å². The predicted octanol–water partition coefficient (Wildman–Crippen LogP) is 6.31. The number of rotatable bonds is 15. The van der Waals surface area contributed by atoms with Gasteiger partial charge in [0.15, 0.2) is 17.8 Å². The molecule has 0 N–H and O–H groups in total. The van der Waals surface area contributed by atoms with Gasteiger partial charge in [0.05, 0.1) is 13.7 Å². The minimum absolute atomic E-state index is 0.675. The van der Waals surface area contributed by atoms with Gasteiger partial charge in [-0.25, -0.2) is 9.13 Å². The van der Waals surface area contributed by atoms with Crippen molar-refractivity contribution in [2.75, 3.05) is 6.61 Å². The van der Waals surface area contributed by atoms with Crippen LogP contribution in [0.5, 0.6) is 0 Å². The molecule has 0 aliphatic carbocycles. The third-order valence-electron chi connectivity index (χ3n) is 5.57. The van der Waals surface area contributed by atoms with Crippen molar-refractivity contribution in [3.05, 3.63) is 30.1 Å². The molecule has 0 atom stereocenters. The first-order valence-electron chi connectivity index (χ1n) is 11.3. The molecule has 0 saturated carbocycles. The molecule has 3 nitrogen and oxygen atoms in total. The molecular weight excluding hydrogens is 332 g/mol. The van der Waals surface area contributed by atoms with E-state index in [4.69, 9.17) is 4.74 Å².